The Morgan fingerprint density at radius 1 is 0.643 bits per heavy atom. The van der Waals surface area contributed by atoms with E-state index in [-0.39, 0.29) is 0 Å². The summed E-state index contributed by atoms with van der Waals surface area (Å²) < 4.78 is 23.1. The SMILES string of the molecule is COc1ccc2cc1OCc1ccccc1COc1cc(ccc1OC)/C=C\2. The number of methoxy groups -OCH3 is 2. The molecule has 142 valence electrons. The standard InChI is InChI=1S/C24H22O4/c1-25-21-11-9-17-7-8-18-10-12-22(26-2)24(14-18)28-16-20-6-4-3-5-19(20)15-27-23(21)13-17/h3-14H,15-16H2,1-2H3/b8-7-. The van der Waals surface area contributed by atoms with E-state index in [9.17, 15) is 0 Å². The Morgan fingerprint density at radius 3 is 1.54 bits per heavy atom. The molecule has 3 aromatic carbocycles. The van der Waals surface area contributed by atoms with E-state index in [0.717, 1.165) is 22.3 Å². The van der Waals surface area contributed by atoms with Gasteiger partial charge in [-0.15, -0.1) is 0 Å². The molecule has 28 heavy (non-hydrogen) atoms. The number of hydrogen-bond acceptors (Lipinski definition) is 4. The van der Waals surface area contributed by atoms with E-state index in [1.807, 2.05) is 60.7 Å². The molecule has 0 unspecified atom stereocenters. The normalized spacial score (nSPS) is 13.9. The van der Waals surface area contributed by atoms with E-state index < -0.39 is 0 Å². The van der Waals surface area contributed by atoms with E-state index in [2.05, 4.69) is 12.1 Å². The van der Waals surface area contributed by atoms with Crippen molar-refractivity contribution in [1.29, 1.82) is 0 Å². The molecular formula is C24H22O4. The van der Waals surface area contributed by atoms with Crippen LogP contribution in [0.3, 0.4) is 0 Å². The summed E-state index contributed by atoms with van der Waals surface area (Å²) in [6, 6.07) is 19.9. The molecule has 4 rings (SSSR count). The summed E-state index contributed by atoms with van der Waals surface area (Å²) in [5.74, 6) is 2.86. The van der Waals surface area contributed by atoms with Crippen LogP contribution >= 0.6 is 0 Å². The van der Waals surface area contributed by atoms with Gasteiger partial charge in [-0.05, 0) is 46.5 Å². The molecular weight excluding hydrogens is 352 g/mol. The van der Waals surface area contributed by atoms with E-state index in [1.54, 1.807) is 14.2 Å². The summed E-state index contributed by atoms with van der Waals surface area (Å²) in [6.07, 6.45) is 4.08. The highest BCUT2D eigenvalue weighted by molar-refractivity contribution is 5.72. The fourth-order valence-corrected chi connectivity index (χ4v) is 3.16. The van der Waals surface area contributed by atoms with Gasteiger partial charge in [-0.2, -0.15) is 0 Å². The van der Waals surface area contributed by atoms with Gasteiger partial charge >= 0.3 is 0 Å². The van der Waals surface area contributed by atoms with Crippen LogP contribution in [-0.2, 0) is 13.2 Å². The van der Waals surface area contributed by atoms with Crippen molar-refractivity contribution in [2.75, 3.05) is 14.2 Å². The molecule has 0 aromatic heterocycles. The molecule has 0 N–H and O–H groups in total. The largest absolute Gasteiger partial charge is 0.493 e. The summed E-state index contributed by atoms with van der Waals surface area (Å²) in [5, 5.41) is 0. The van der Waals surface area contributed by atoms with Gasteiger partial charge in [-0.25, -0.2) is 0 Å². The molecule has 0 fully saturated rings. The van der Waals surface area contributed by atoms with Crippen molar-refractivity contribution in [2.24, 2.45) is 0 Å². The lowest BCUT2D eigenvalue weighted by atomic mass is 10.1. The minimum absolute atomic E-state index is 0.431. The molecule has 4 heteroatoms. The summed E-state index contributed by atoms with van der Waals surface area (Å²) in [6.45, 7) is 0.862. The molecule has 0 saturated carbocycles. The molecule has 1 aliphatic rings. The van der Waals surface area contributed by atoms with Gasteiger partial charge in [0.1, 0.15) is 13.2 Å². The second-order valence-corrected chi connectivity index (χ2v) is 6.50. The van der Waals surface area contributed by atoms with E-state index in [4.69, 9.17) is 18.9 Å². The maximum absolute atomic E-state index is 6.10. The van der Waals surface area contributed by atoms with Gasteiger partial charge in [0.25, 0.3) is 0 Å². The number of rotatable bonds is 2. The zero-order chi connectivity index (χ0) is 19.3. The minimum atomic E-state index is 0.431. The molecule has 1 heterocycles. The van der Waals surface area contributed by atoms with E-state index in [1.165, 1.54) is 0 Å². The lowest BCUT2D eigenvalue weighted by Gasteiger charge is -2.16. The van der Waals surface area contributed by atoms with Crippen molar-refractivity contribution in [3.8, 4) is 23.0 Å². The monoisotopic (exact) mass is 374 g/mol. The van der Waals surface area contributed by atoms with Crippen LogP contribution in [0.4, 0.5) is 0 Å². The number of hydrogen-bond donors (Lipinski definition) is 0. The topological polar surface area (TPSA) is 36.9 Å². The molecule has 0 aliphatic carbocycles. The van der Waals surface area contributed by atoms with Crippen LogP contribution in [-0.4, -0.2) is 14.2 Å². The number of fused-ring (bicyclic) bond motifs is 5. The maximum Gasteiger partial charge on any atom is 0.162 e. The second-order valence-electron chi connectivity index (χ2n) is 6.50. The lowest BCUT2D eigenvalue weighted by molar-refractivity contribution is 0.267. The Balaban J connectivity index is 1.80. The van der Waals surface area contributed by atoms with Crippen molar-refractivity contribution < 1.29 is 18.9 Å². The lowest BCUT2D eigenvalue weighted by Crippen LogP contribution is -2.05. The summed E-state index contributed by atoms with van der Waals surface area (Å²) >= 11 is 0. The van der Waals surface area contributed by atoms with Crippen LogP contribution in [0, 0.1) is 0 Å². The first-order chi connectivity index (χ1) is 13.8. The fraction of sp³-hybridized carbons (Fsp3) is 0.167. The zero-order valence-corrected chi connectivity index (χ0v) is 16.0. The Morgan fingerprint density at radius 2 is 1.11 bits per heavy atom. The van der Waals surface area contributed by atoms with Gasteiger partial charge in [0.2, 0.25) is 0 Å². The molecule has 0 saturated heterocycles. The van der Waals surface area contributed by atoms with Crippen molar-refractivity contribution in [3.05, 3.63) is 82.9 Å². The second kappa shape index (κ2) is 8.09. The third-order valence-corrected chi connectivity index (χ3v) is 4.73. The third kappa shape index (κ3) is 3.81. The molecule has 0 spiro atoms. The minimum Gasteiger partial charge on any atom is -0.493 e. The highest BCUT2D eigenvalue weighted by Gasteiger charge is 2.11. The van der Waals surface area contributed by atoms with E-state index in [0.29, 0.717) is 36.2 Å². The van der Waals surface area contributed by atoms with E-state index >= 15 is 0 Å². The van der Waals surface area contributed by atoms with Crippen LogP contribution in [0.1, 0.15) is 22.3 Å². The number of benzene rings is 3. The van der Waals surface area contributed by atoms with Crippen molar-refractivity contribution in [3.63, 3.8) is 0 Å². The summed E-state index contributed by atoms with van der Waals surface area (Å²) in [5.41, 5.74) is 4.19. The molecule has 0 radical (unpaired) electrons. The average molecular weight is 374 g/mol. The molecule has 3 aromatic rings. The summed E-state index contributed by atoms with van der Waals surface area (Å²) in [4.78, 5) is 0. The summed E-state index contributed by atoms with van der Waals surface area (Å²) in [7, 11) is 3.30. The highest BCUT2D eigenvalue weighted by Crippen LogP contribution is 2.32. The Bertz CT molecular complexity index is 927. The third-order valence-electron chi connectivity index (χ3n) is 4.73. The van der Waals surface area contributed by atoms with Gasteiger partial charge < -0.3 is 18.9 Å². The van der Waals surface area contributed by atoms with Crippen molar-refractivity contribution >= 4 is 12.2 Å². The Kier molecular flexibility index (Phi) is 5.20. The quantitative estimate of drug-likeness (QED) is 0.606. The van der Waals surface area contributed by atoms with Crippen LogP contribution < -0.4 is 18.9 Å². The van der Waals surface area contributed by atoms with Gasteiger partial charge in [-0.1, -0.05) is 48.6 Å². The molecule has 1 aliphatic heterocycles. The van der Waals surface area contributed by atoms with Crippen molar-refractivity contribution in [1.82, 2.24) is 0 Å². The first-order valence-electron chi connectivity index (χ1n) is 9.13. The van der Waals surface area contributed by atoms with Gasteiger partial charge in [0, 0.05) is 0 Å². The first kappa shape index (κ1) is 18.0. The number of ether oxygens (including phenoxy) is 4. The smallest absolute Gasteiger partial charge is 0.162 e. The van der Waals surface area contributed by atoms with Crippen molar-refractivity contribution in [2.45, 2.75) is 13.2 Å². The van der Waals surface area contributed by atoms with Crippen LogP contribution in [0.2, 0.25) is 0 Å². The Hall–Kier alpha value is -3.40. The average Bonchev–Trinajstić information content (AvgIpc) is 2.75. The molecule has 4 bridgehead atoms. The Labute approximate surface area is 164 Å². The molecule has 4 nitrogen and oxygen atoms in total. The van der Waals surface area contributed by atoms with Gasteiger partial charge in [0.05, 0.1) is 14.2 Å². The van der Waals surface area contributed by atoms with Crippen LogP contribution in [0.25, 0.3) is 12.2 Å². The predicted molar refractivity (Wildman–Crippen MR) is 110 cm³/mol. The van der Waals surface area contributed by atoms with Crippen LogP contribution in [0.15, 0.2) is 60.7 Å². The zero-order valence-electron chi connectivity index (χ0n) is 16.0. The molecule has 0 amide bonds. The highest BCUT2D eigenvalue weighted by atomic mass is 16.5. The van der Waals surface area contributed by atoms with Gasteiger partial charge in [0.15, 0.2) is 23.0 Å². The maximum atomic E-state index is 6.10. The molecule has 0 atom stereocenters. The fourth-order valence-electron chi connectivity index (χ4n) is 3.16. The first-order valence-corrected chi connectivity index (χ1v) is 9.13. The predicted octanol–water partition coefficient (Wildman–Crippen LogP) is 5.35. The van der Waals surface area contributed by atoms with Crippen LogP contribution in [0.5, 0.6) is 23.0 Å². The van der Waals surface area contributed by atoms with Gasteiger partial charge in [-0.3, -0.25) is 0 Å².